The molecule has 0 radical (unpaired) electrons. The van der Waals surface area contributed by atoms with E-state index in [-0.39, 0.29) is 48.0 Å². The molecular formula is C23H37N3O6. The molecule has 1 spiro atoms. The number of hydrogen-bond donors (Lipinski definition) is 4. The van der Waals surface area contributed by atoms with Gasteiger partial charge in [0.1, 0.15) is 6.04 Å². The summed E-state index contributed by atoms with van der Waals surface area (Å²) in [5.74, 6) is -0.781. The van der Waals surface area contributed by atoms with Crippen molar-refractivity contribution in [3.8, 4) is 0 Å². The van der Waals surface area contributed by atoms with Gasteiger partial charge >= 0.3 is 5.97 Å². The Hall–Kier alpha value is -1.26. The largest absolute Gasteiger partial charge is 0.480 e. The summed E-state index contributed by atoms with van der Waals surface area (Å²) >= 11 is 0. The van der Waals surface area contributed by atoms with Gasteiger partial charge in [0.25, 0.3) is 0 Å². The number of primary amides is 1. The molecule has 3 saturated carbocycles. The molecule has 2 aliphatic heterocycles. The Morgan fingerprint density at radius 3 is 2.78 bits per heavy atom. The summed E-state index contributed by atoms with van der Waals surface area (Å²) in [5, 5.41) is 24.0. The van der Waals surface area contributed by atoms with Gasteiger partial charge in [-0.1, -0.05) is 0 Å². The van der Waals surface area contributed by atoms with Crippen LogP contribution >= 0.6 is 0 Å². The van der Waals surface area contributed by atoms with Crippen LogP contribution in [0.5, 0.6) is 0 Å². The van der Waals surface area contributed by atoms with Crippen molar-refractivity contribution in [3.63, 3.8) is 0 Å². The fraction of sp³-hybridized carbons (Fsp3) is 0.913. The van der Waals surface area contributed by atoms with Gasteiger partial charge in [-0.3, -0.25) is 14.9 Å². The molecule has 5 N–H and O–H groups in total. The highest BCUT2D eigenvalue weighted by atomic mass is 16.5. The number of likely N-dealkylation sites (tertiary alicyclic amines) is 1. The molecule has 9 nitrogen and oxygen atoms in total. The molecule has 2 heterocycles. The lowest BCUT2D eigenvalue weighted by Gasteiger charge is -2.69. The lowest BCUT2D eigenvalue weighted by atomic mass is 9.42. The summed E-state index contributed by atoms with van der Waals surface area (Å²) in [6.45, 7) is 0.943. The Morgan fingerprint density at radius 1 is 1.31 bits per heavy atom. The Bertz CT molecular complexity index is 781. The minimum absolute atomic E-state index is 0.0221. The Balaban J connectivity index is 1.52. The van der Waals surface area contributed by atoms with Gasteiger partial charge in [-0.05, 0) is 64.5 Å². The third-order valence-corrected chi connectivity index (χ3v) is 9.69. The number of amides is 1. The maximum Gasteiger partial charge on any atom is 0.320 e. The number of carboxylic acids is 1. The number of aliphatic hydroxyl groups excluding tert-OH is 1. The normalized spacial score (nSPS) is 48.2. The van der Waals surface area contributed by atoms with E-state index in [1.54, 1.807) is 0 Å². The zero-order valence-corrected chi connectivity index (χ0v) is 19.0. The van der Waals surface area contributed by atoms with Gasteiger partial charge in [-0.2, -0.15) is 0 Å². The van der Waals surface area contributed by atoms with E-state index < -0.39 is 24.0 Å². The zero-order chi connectivity index (χ0) is 22.8. The first-order valence-corrected chi connectivity index (χ1v) is 12.1. The summed E-state index contributed by atoms with van der Waals surface area (Å²) in [6, 6.07) is -0.738. The van der Waals surface area contributed by atoms with Gasteiger partial charge < -0.3 is 30.3 Å². The van der Waals surface area contributed by atoms with Crippen LogP contribution in [-0.2, 0) is 19.1 Å². The molecule has 5 unspecified atom stereocenters. The van der Waals surface area contributed by atoms with E-state index in [0.29, 0.717) is 12.0 Å². The van der Waals surface area contributed by atoms with E-state index in [1.165, 1.54) is 0 Å². The van der Waals surface area contributed by atoms with Crippen LogP contribution in [0.4, 0.5) is 0 Å². The molecule has 5 rings (SSSR count). The number of aliphatic hydroxyl groups is 1. The summed E-state index contributed by atoms with van der Waals surface area (Å²) in [7, 11) is 4.01. The number of piperidine rings is 1. The SMILES string of the molecule is CO[C@]12CC[C@H](N[C@@H](CCC(N)=O)C(=O)O)[C@@H]3OC4C(O)CCC5CC1N(C)CC[C@]32C54. The van der Waals surface area contributed by atoms with Crippen molar-refractivity contribution < 1.29 is 29.3 Å². The molecule has 5 aliphatic rings. The molecule has 10 atom stereocenters. The number of rotatable bonds is 7. The number of nitrogens with one attached hydrogen (secondary N) is 1. The van der Waals surface area contributed by atoms with Crippen molar-refractivity contribution in [2.24, 2.45) is 23.0 Å². The van der Waals surface area contributed by atoms with Crippen LogP contribution in [0.25, 0.3) is 0 Å². The van der Waals surface area contributed by atoms with E-state index in [0.717, 1.165) is 45.1 Å². The topological polar surface area (TPSA) is 134 Å². The van der Waals surface area contributed by atoms with E-state index in [4.69, 9.17) is 15.2 Å². The minimum Gasteiger partial charge on any atom is -0.480 e. The first-order chi connectivity index (χ1) is 15.2. The summed E-state index contributed by atoms with van der Waals surface area (Å²) in [6.07, 6.45) is 4.50. The van der Waals surface area contributed by atoms with Gasteiger partial charge in [-0.25, -0.2) is 0 Å². The molecule has 0 aromatic heterocycles. The number of ether oxygens (including phenoxy) is 2. The Morgan fingerprint density at radius 2 is 2.09 bits per heavy atom. The molecule has 32 heavy (non-hydrogen) atoms. The summed E-state index contributed by atoms with van der Waals surface area (Å²) < 4.78 is 13.2. The number of carbonyl (C=O) groups excluding carboxylic acids is 1. The molecular weight excluding hydrogens is 414 g/mol. The number of nitrogens with two attached hydrogens (primary N) is 1. The van der Waals surface area contributed by atoms with Crippen molar-refractivity contribution in [1.82, 2.24) is 10.2 Å². The molecule has 2 saturated heterocycles. The first-order valence-electron chi connectivity index (χ1n) is 12.1. The maximum absolute atomic E-state index is 12.0. The number of hydrogen-bond acceptors (Lipinski definition) is 7. The van der Waals surface area contributed by atoms with Crippen molar-refractivity contribution in [3.05, 3.63) is 0 Å². The average molecular weight is 452 g/mol. The van der Waals surface area contributed by atoms with E-state index in [2.05, 4.69) is 17.3 Å². The number of likely N-dealkylation sites (N-methyl/N-ethyl adjacent to an activating group) is 1. The van der Waals surface area contributed by atoms with Gasteiger partial charge in [0, 0.05) is 36.9 Å². The van der Waals surface area contributed by atoms with Gasteiger partial charge in [-0.15, -0.1) is 0 Å². The number of methoxy groups -OCH3 is 1. The van der Waals surface area contributed by atoms with Crippen LogP contribution in [0.15, 0.2) is 0 Å². The third kappa shape index (κ3) is 2.94. The van der Waals surface area contributed by atoms with E-state index >= 15 is 0 Å². The number of aliphatic carboxylic acids is 1. The van der Waals surface area contributed by atoms with Gasteiger partial charge in [0.2, 0.25) is 5.91 Å². The standard InChI is InChI=1S/C23H37N3O6/c1-26-10-9-22-18-12-3-5-15(27)19(18)32-20(22)13(7-8-23(22,31-2)16(26)11-12)25-14(21(29)30)4-6-17(24)28/h12-16,18-20,25,27H,3-11H2,1-2H3,(H2,24,28)(H,29,30)/t12?,13-,14-,15?,16?,18?,19?,20-,22-,23+/m0/s1. The van der Waals surface area contributed by atoms with Gasteiger partial charge in [0.15, 0.2) is 0 Å². The zero-order valence-electron chi connectivity index (χ0n) is 19.0. The Labute approximate surface area is 189 Å². The van der Waals surface area contributed by atoms with Crippen LogP contribution in [-0.4, -0.2) is 89.7 Å². The van der Waals surface area contributed by atoms with Gasteiger partial charge in [0.05, 0.1) is 23.9 Å². The van der Waals surface area contributed by atoms with Crippen molar-refractivity contribution in [2.45, 2.75) is 93.4 Å². The maximum atomic E-state index is 12.0. The fourth-order valence-corrected chi connectivity index (χ4v) is 8.55. The number of carboxylic acid groups (broad SMARTS) is 1. The van der Waals surface area contributed by atoms with E-state index in [1.807, 2.05) is 7.11 Å². The molecule has 0 aromatic rings. The first kappa shape index (κ1) is 22.5. The van der Waals surface area contributed by atoms with Crippen LogP contribution in [0.2, 0.25) is 0 Å². The number of nitrogens with zero attached hydrogens (tertiary/aromatic N) is 1. The molecule has 2 bridgehead atoms. The highest BCUT2D eigenvalue weighted by Crippen LogP contribution is 2.70. The van der Waals surface area contributed by atoms with Crippen LogP contribution in [0, 0.1) is 17.3 Å². The molecule has 180 valence electrons. The second kappa shape index (κ2) is 7.91. The Kier molecular flexibility index (Phi) is 5.57. The minimum atomic E-state index is -0.981. The highest BCUT2D eigenvalue weighted by molar-refractivity contribution is 5.77. The lowest BCUT2D eigenvalue weighted by molar-refractivity contribution is -0.269. The van der Waals surface area contributed by atoms with Crippen LogP contribution < -0.4 is 11.1 Å². The predicted octanol–water partition coefficient (Wildman–Crippen LogP) is 0.0910. The third-order valence-electron chi connectivity index (χ3n) is 9.69. The molecule has 1 amide bonds. The van der Waals surface area contributed by atoms with Crippen molar-refractivity contribution in [2.75, 3.05) is 20.7 Å². The second-order valence-corrected chi connectivity index (χ2v) is 10.8. The van der Waals surface area contributed by atoms with Crippen molar-refractivity contribution >= 4 is 11.9 Å². The molecule has 3 aliphatic carbocycles. The predicted molar refractivity (Wildman–Crippen MR) is 115 cm³/mol. The average Bonchev–Trinajstić information content (AvgIpc) is 3.11. The molecule has 9 heteroatoms. The lowest BCUT2D eigenvalue weighted by Crippen LogP contribution is -2.78. The number of carbonyl (C=O) groups is 2. The fourth-order valence-electron chi connectivity index (χ4n) is 8.55. The highest BCUT2D eigenvalue weighted by Gasteiger charge is 2.78. The monoisotopic (exact) mass is 451 g/mol. The quantitative estimate of drug-likeness (QED) is 0.428. The summed E-state index contributed by atoms with van der Waals surface area (Å²) in [5.41, 5.74) is 4.66. The smallest absolute Gasteiger partial charge is 0.320 e. The second-order valence-electron chi connectivity index (χ2n) is 10.8. The molecule has 5 fully saturated rings. The van der Waals surface area contributed by atoms with Crippen LogP contribution in [0.1, 0.15) is 51.4 Å². The van der Waals surface area contributed by atoms with Crippen LogP contribution in [0.3, 0.4) is 0 Å². The molecule has 0 aromatic carbocycles. The van der Waals surface area contributed by atoms with E-state index in [9.17, 15) is 19.8 Å². The summed E-state index contributed by atoms with van der Waals surface area (Å²) in [4.78, 5) is 25.7. The van der Waals surface area contributed by atoms with Crippen molar-refractivity contribution in [1.29, 1.82) is 0 Å².